The summed E-state index contributed by atoms with van der Waals surface area (Å²) in [6, 6.07) is 14.2. The number of amides is 6. The van der Waals surface area contributed by atoms with Gasteiger partial charge in [-0.05, 0) is 79.1 Å². The fraction of sp³-hybridized carbons (Fsp3) is 0.439. The van der Waals surface area contributed by atoms with Crippen molar-refractivity contribution < 1.29 is 43.3 Å². The van der Waals surface area contributed by atoms with Gasteiger partial charge in [-0.3, -0.25) is 14.4 Å². The molecule has 2 fully saturated rings. The van der Waals surface area contributed by atoms with Crippen LogP contribution in [-0.4, -0.2) is 77.7 Å². The zero-order valence-electron chi connectivity index (χ0n) is 32.3. The summed E-state index contributed by atoms with van der Waals surface area (Å²) in [5.74, 6) is -1.16. The Morgan fingerprint density at radius 2 is 1.51 bits per heavy atom. The quantitative estimate of drug-likeness (QED) is 0.121. The highest BCUT2D eigenvalue weighted by atomic mass is 16.5. The topological polar surface area (TPSA) is 176 Å². The first-order chi connectivity index (χ1) is 26.3. The van der Waals surface area contributed by atoms with E-state index in [9.17, 15) is 29.1 Å². The zero-order chi connectivity index (χ0) is 39.9. The summed E-state index contributed by atoms with van der Waals surface area (Å²) in [6.07, 6.45) is 2.96. The van der Waals surface area contributed by atoms with E-state index in [1.807, 2.05) is 39.0 Å². The van der Waals surface area contributed by atoms with Crippen molar-refractivity contribution in [2.75, 3.05) is 32.0 Å². The molecule has 1 spiro atoms. The maximum absolute atomic E-state index is 14.7. The number of carboxylic acid groups (broad SMARTS) is 1. The molecular weight excluding hydrogens is 706 g/mol. The Balaban J connectivity index is 1.43. The minimum atomic E-state index is -1.20. The molecule has 1 aliphatic heterocycles. The minimum absolute atomic E-state index is 0.0520. The molecule has 14 heteroatoms. The van der Waals surface area contributed by atoms with Crippen molar-refractivity contribution in [2.24, 2.45) is 5.92 Å². The van der Waals surface area contributed by atoms with Gasteiger partial charge < -0.3 is 40.2 Å². The molecule has 3 aromatic rings. The van der Waals surface area contributed by atoms with Crippen LogP contribution in [0.4, 0.5) is 21.0 Å². The molecule has 0 aromatic heterocycles. The average molecular weight is 758 g/mol. The van der Waals surface area contributed by atoms with Crippen LogP contribution in [0.15, 0.2) is 60.7 Å². The Morgan fingerprint density at radius 3 is 2.15 bits per heavy atom. The van der Waals surface area contributed by atoms with Crippen LogP contribution in [0, 0.1) is 12.8 Å². The standard InChI is InChI=1S/C41H51N5O9/c1-25(2)20-32(37(49)42-31(23-36(47)48)28-15-17-33(53-4)35(22-28)55-6)46-38(50)41(18-10-7-11-19-41)45(40(46)52)24-27-14-16-30(34(21-27)54-5)44-39(51)43-29-13-9-8-12-26(29)3/h8-9,12-17,21-22,25,31-32H,7,10-11,18-20,23-24H2,1-6H3,(H,42,49)(H,47,48)(H2,43,44,51)/t31?,32-/m0/s1. The van der Waals surface area contributed by atoms with Crippen molar-refractivity contribution in [1.82, 2.24) is 15.1 Å². The Kier molecular flexibility index (Phi) is 12.9. The van der Waals surface area contributed by atoms with Crippen LogP contribution in [-0.2, 0) is 20.9 Å². The fourth-order valence-electron chi connectivity index (χ4n) is 7.50. The molecule has 1 saturated carbocycles. The van der Waals surface area contributed by atoms with Crippen molar-refractivity contribution in [1.29, 1.82) is 0 Å². The van der Waals surface area contributed by atoms with E-state index in [1.165, 1.54) is 21.3 Å². The van der Waals surface area contributed by atoms with Gasteiger partial charge in [0.2, 0.25) is 5.91 Å². The van der Waals surface area contributed by atoms with E-state index in [4.69, 9.17) is 14.2 Å². The van der Waals surface area contributed by atoms with Gasteiger partial charge in [-0.25, -0.2) is 14.5 Å². The molecule has 6 amide bonds. The summed E-state index contributed by atoms with van der Waals surface area (Å²) >= 11 is 0. The minimum Gasteiger partial charge on any atom is -0.495 e. The number of hydrogen-bond acceptors (Lipinski definition) is 8. The van der Waals surface area contributed by atoms with E-state index in [1.54, 1.807) is 47.4 Å². The third-order valence-electron chi connectivity index (χ3n) is 10.3. The van der Waals surface area contributed by atoms with Gasteiger partial charge in [0.1, 0.15) is 17.3 Å². The number of urea groups is 2. The van der Waals surface area contributed by atoms with Crippen LogP contribution in [0.25, 0.3) is 0 Å². The van der Waals surface area contributed by atoms with Crippen molar-refractivity contribution in [3.05, 3.63) is 77.4 Å². The molecule has 1 heterocycles. The normalized spacial score (nSPS) is 16.1. The Hall–Kier alpha value is -5.79. The Bertz CT molecular complexity index is 1910. The fourth-order valence-corrected chi connectivity index (χ4v) is 7.50. The van der Waals surface area contributed by atoms with Crippen molar-refractivity contribution in [3.63, 3.8) is 0 Å². The van der Waals surface area contributed by atoms with E-state index >= 15 is 0 Å². The summed E-state index contributed by atoms with van der Waals surface area (Å²) < 4.78 is 16.4. The van der Waals surface area contributed by atoms with Crippen molar-refractivity contribution in [3.8, 4) is 17.2 Å². The predicted molar refractivity (Wildman–Crippen MR) is 206 cm³/mol. The van der Waals surface area contributed by atoms with Gasteiger partial charge in [0.05, 0.1) is 39.5 Å². The summed E-state index contributed by atoms with van der Waals surface area (Å²) in [5.41, 5.74) is 1.94. The number of rotatable bonds is 15. The molecule has 2 aliphatic rings. The van der Waals surface area contributed by atoms with Gasteiger partial charge in [0.15, 0.2) is 11.5 Å². The molecule has 1 saturated heterocycles. The number of carboxylic acids is 1. The number of nitrogens with zero attached hydrogens (tertiary/aromatic N) is 2. The summed E-state index contributed by atoms with van der Waals surface area (Å²) in [6.45, 7) is 5.73. The maximum atomic E-state index is 14.7. The van der Waals surface area contributed by atoms with E-state index in [-0.39, 0.29) is 18.9 Å². The van der Waals surface area contributed by atoms with E-state index < -0.39 is 53.9 Å². The highest BCUT2D eigenvalue weighted by Gasteiger charge is 2.59. The number of methoxy groups -OCH3 is 3. The molecule has 2 atom stereocenters. The highest BCUT2D eigenvalue weighted by molar-refractivity contribution is 6.10. The number of aliphatic carboxylic acids is 1. The molecule has 5 rings (SSSR count). The Morgan fingerprint density at radius 1 is 0.836 bits per heavy atom. The predicted octanol–water partition coefficient (Wildman–Crippen LogP) is 6.88. The lowest BCUT2D eigenvalue weighted by Gasteiger charge is -2.38. The number of anilines is 2. The zero-order valence-corrected chi connectivity index (χ0v) is 32.3. The van der Waals surface area contributed by atoms with Gasteiger partial charge in [-0.15, -0.1) is 0 Å². The number of benzene rings is 3. The van der Waals surface area contributed by atoms with E-state index in [0.717, 1.165) is 29.7 Å². The average Bonchev–Trinajstić information content (AvgIpc) is 3.34. The number of hydrogen-bond donors (Lipinski definition) is 4. The molecule has 1 unspecified atom stereocenters. The van der Waals surface area contributed by atoms with E-state index in [0.29, 0.717) is 52.6 Å². The molecule has 0 bridgehead atoms. The van der Waals surface area contributed by atoms with Gasteiger partial charge >= 0.3 is 18.0 Å². The molecule has 4 N–H and O–H groups in total. The number of imide groups is 1. The van der Waals surface area contributed by atoms with Crippen LogP contribution < -0.4 is 30.2 Å². The lowest BCUT2D eigenvalue weighted by atomic mass is 9.80. The van der Waals surface area contributed by atoms with Crippen LogP contribution in [0.1, 0.15) is 81.5 Å². The Labute approximate surface area is 321 Å². The van der Waals surface area contributed by atoms with Gasteiger partial charge in [0.25, 0.3) is 5.91 Å². The number of aryl methyl sites for hydroxylation is 1. The number of para-hydroxylation sites is 1. The maximum Gasteiger partial charge on any atom is 0.328 e. The summed E-state index contributed by atoms with van der Waals surface area (Å²) in [5, 5.41) is 18.3. The third kappa shape index (κ3) is 8.96. The summed E-state index contributed by atoms with van der Waals surface area (Å²) in [7, 11) is 4.41. The largest absolute Gasteiger partial charge is 0.495 e. The third-order valence-corrected chi connectivity index (χ3v) is 10.3. The molecular formula is C41H51N5O9. The lowest BCUT2D eigenvalue weighted by molar-refractivity contribution is -0.142. The second-order valence-corrected chi connectivity index (χ2v) is 14.5. The lowest BCUT2D eigenvalue weighted by Crippen LogP contribution is -2.53. The van der Waals surface area contributed by atoms with Crippen molar-refractivity contribution in [2.45, 2.75) is 89.9 Å². The van der Waals surface area contributed by atoms with Crippen LogP contribution in [0.5, 0.6) is 17.2 Å². The number of ether oxygens (including phenoxy) is 3. The van der Waals surface area contributed by atoms with Crippen molar-refractivity contribution >= 4 is 41.2 Å². The first-order valence-electron chi connectivity index (χ1n) is 18.5. The molecule has 294 valence electrons. The summed E-state index contributed by atoms with van der Waals surface area (Å²) in [4.78, 5) is 71.1. The monoisotopic (exact) mass is 757 g/mol. The van der Waals surface area contributed by atoms with Crippen LogP contribution >= 0.6 is 0 Å². The molecule has 1 aliphatic carbocycles. The first kappa shape index (κ1) is 40.4. The molecule has 55 heavy (non-hydrogen) atoms. The van der Waals surface area contributed by atoms with Gasteiger partial charge in [-0.1, -0.05) is 63.4 Å². The van der Waals surface area contributed by atoms with Crippen LogP contribution in [0.3, 0.4) is 0 Å². The highest BCUT2D eigenvalue weighted by Crippen LogP contribution is 2.43. The van der Waals surface area contributed by atoms with Gasteiger partial charge in [-0.2, -0.15) is 0 Å². The number of carbonyl (C=O) groups excluding carboxylic acids is 4. The molecule has 0 radical (unpaired) electrons. The smallest absolute Gasteiger partial charge is 0.328 e. The molecule has 3 aromatic carbocycles. The van der Waals surface area contributed by atoms with Crippen LogP contribution in [0.2, 0.25) is 0 Å². The van der Waals surface area contributed by atoms with Gasteiger partial charge in [0, 0.05) is 12.2 Å². The molecule has 14 nitrogen and oxygen atoms in total. The second kappa shape index (κ2) is 17.6. The number of carbonyl (C=O) groups is 5. The first-order valence-corrected chi connectivity index (χ1v) is 18.5. The second-order valence-electron chi connectivity index (χ2n) is 14.5. The van der Waals surface area contributed by atoms with E-state index in [2.05, 4.69) is 16.0 Å². The number of nitrogens with one attached hydrogen (secondary N) is 3. The SMILES string of the molecule is COc1cc(CN2C(=O)N([C@@H](CC(C)C)C(=O)NC(CC(=O)O)c3ccc(OC)c(OC)c3)C(=O)C23CCCCC3)ccc1NC(=O)Nc1ccccc1C.